The van der Waals surface area contributed by atoms with Crippen LogP contribution in [0.3, 0.4) is 0 Å². The molecule has 0 fully saturated rings. The first-order chi connectivity index (χ1) is 7.84. The van der Waals surface area contributed by atoms with Gasteiger partial charge in [0.25, 0.3) is 0 Å². The molecule has 0 atom stereocenters. The molecule has 0 aliphatic rings. The molecule has 16 heavy (non-hydrogen) atoms. The minimum absolute atomic E-state index is 0.999. The summed E-state index contributed by atoms with van der Waals surface area (Å²) < 4.78 is 2.11. The van der Waals surface area contributed by atoms with E-state index < -0.39 is 0 Å². The number of rotatable bonds is 1. The monoisotopic (exact) mass is 208 g/mol. The molecular weight excluding hydrogens is 196 g/mol. The molecule has 2 aromatic heterocycles. The van der Waals surface area contributed by atoms with Gasteiger partial charge in [0.05, 0.1) is 5.69 Å². The highest BCUT2D eigenvalue weighted by Gasteiger charge is 2.04. The predicted octanol–water partition coefficient (Wildman–Crippen LogP) is 3.31. The van der Waals surface area contributed by atoms with E-state index in [1.807, 2.05) is 30.3 Å². The van der Waals surface area contributed by atoms with Crippen LogP contribution in [-0.4, -0.2) is 9.38 Å². The minimum Gasteiger partial charge on any atom is -0.304 e. The van der Waals surface area contributed by atoms with Crippen LogP contribution in [0.4, 0.5) is 0 Å². The van der Waals surface area contributed by atoms with Crippen molar-refractivity contribution >= 4 is 5.65 Å². The summed E-state index contributed by atoms with van der Waals surface area (Å²) in [6, 6.07) is 16.4. The Morgan fingerprint density at radius 2 is 1.75 bits per heavy atom. The number of hydrogen-bond acceptors (Lipinski definition) is 1. The molecule has 0 N–H and O–H groups in total. The average molecular weight is 208 g/mol. The molecule has 0 bridgehead atoms. The Morgan fingerprint density at radius 1 is 0.938 bits per heavy atom. The maximum absolute atomic E-state index is 4.61. The van der Waals surface area contributed by atoms with E-state index in [0.717, 1.165) is 16.9 Å². The number of benzene rings is 1. The van der Waals surface area contributed by atoms with Crippen LogP contribution in [0.15, 0.2) is 54.7 Å². The minimum atomic E-state index is 0.999. The van der Waals surface area contributed by atoms with Crippen LogP contribution in [0.5, 0.6) is 0 Å². The Bertz CT molecular complexity index is 624. The highest BCUT2D eigenvalue weighted by molar-refractivity contribution is 5.62. The molecule has 0 saturated carbocycles. The quantitative estimate of drug-likeness (QED) is 0.599. The summed E-state index contributed by atoms with van der Waals surface area (Å²) in [6.45, 7) is 2.09. The van der Waals surface area contributed by atoms with Gasteiger partial charge in [-0.25, -0.2) is 4.98 Å². The van der Waals surface area contributed by atoms with Crippen molar-refractivity contribution in [3.63, 3.8) is 0 Å². The molecule has 78 valence electrons. The molecule has 0 spiro atoms. The van der Waals surface area contributed by atoms with Crippen LogP contribution in [0, 0.1) is 6.92 Å². The maximum atomic E-state index is 4.61. The molecule has 0 aliphatic heterocycles. The number of aromatic nitrogens is 2. The number of imidazole rings is 1. The third-order valence-corrected chi connectivity index (χ3v) is 2.77. The van der Waals surface area contributed by atoms with Crippen molar-refractivity contribution in [1.29, 1.82) is 0 Å². The number of nitrogens with zero attached hydrogens (tertiary/aromatic N) is 2. The molecule has 0 aliphatic carbocycles. The van der Waals surface area contributed by atoms with Gasteiger partial charge in [-0.2, -0.15) is 0 Å². The van der Waals surface area contributed by atoms with Crippen LogP contribution >= 0.6 is 0 Å². The van der Waals surface area contributed by atoms with Gasteiger partial charge in [-0.15, -0.1) is 0 Å². The van der Waals surface area contributed by atoms with E-state index in [9.17, 15) is 0 Å². The predicted molar refractivity (Wildman–Crippen MR) is 65.4 cm³/mol. The topological polar surface area (TPSA) is 17.3 Å². The first-order valence-electron chi connectivity index (χ1n) is 5.35. The van der Waals surface area contributed by atoms with Crippen molar-refractivity contribution in [2.45, 2.75) is 6.92 Å². The van der Waals surface area contributed by atoms with Gasteiger partial charge in [-0.05, 0) is 19.1 Å². The summed E-state index contributed by atoms with van der Waals surface area (Å²) in [5.41, 5.74) is 4.38. The standard InChI is InChI=1S/C14H12N2/c1-11-6-5-9-14-15-13(10-16(11)14)12-7-3-2-4-8-12/h2-10H,1H3. The molecule has 2 nitrogen and oxygen atoms in total. The van der Waals surface area contributed by atoms with Crippen molar-refractivity contribution in [2.75, 3.05) is 0 Å². The fourth-order valence-electron chi connectivity index (χ4n) is 1.90. The average Bonchev–Trinajstić information content (AvgIpc) is 2.76. The Balaban J connectivity index is 2.23. The lowest BCUT2D eigenvalue weighted by molar-refractivity contribution is 1.09. The van der Waals surface area contributed by atoms with E-state index in [-0.39, 0.29) is 0 Å². The van der Waals surface area contributed by atoms with Gasteiger partial charge in [-0.3, -0.25) is 0 Å². The Labute approximate surface area is 94.2 Å². The zero-order valence-corrected chi connectivity index (χ0v) is 9.09. The lowest BCUT2D eigenvalue weighted by Crippen LogP contribution is -1.86. The van der Waals surface area contributed by atoms with Crippen molar-refractivity contribution in [2.24, 2.45) is 0 Å². The second kappa shape index (κ2) is 3.49. The fraction of sp³-hybridized carbons (Fsp3) is 0.0714. The van der Waals surface area contributed by atoms with E-state index in [1.165, 1.54) is 5.69 Å². The smallest absolute Gasteiger partial charge is 0.137 e. The molecule has 0 saturated heterocycles. The summed E-state index contributed by atoms with van der Waals surface area (Å²) in [7, 11) is 0. The van der Waals surface area contributed by atoms with Crippen molar-refractivity contribution < 1.29 is 0 Å². The lowest BCUT2D eigenvalue weighted by Gasteiger charge is -1.96. The highest BCUT2D eigenvalue weighted by atomic mass is 15.0. The Morgan fingerprint density at radius 3 is 2.50 bits per heavy atom. The van der Waals surface area contributed by atoms with Gasteiger partial charge in [0.2, 0.25) is 0 Å². The molecule has 0 amide bonds. The van der Waals surface area contributed by atoms with E-state index in [4.69, 9.17) is 0 Å². The molecule has 0 unspecified atom stereocenters. The number of pyridine rings is 1. The molecule has 3 rings (SSSR count). The summed E-state index contributed by atoms with van der Waals surface area (Å²) in [5.74, 6) is 0. The molecule has 3 aromatic rings. The number of hydrogen-bond donors (Lipinski definition) is 0. The third kappa shape index (κ3) is 1.39. The van der Waals surface area contributed by atoms with Crippen molar-refractivity contribution in [3.8, 4) is 11.3 Å². The molecule has 0 radical (unpaired) electrons. The second-order valence-electron chi connectivity index (χ2n) is 3.89. The van der Waals surface area contributed by atoms with Crippen LogP contribution in [0.2, 0.25) is 0 Å². The van der Waals surface area contributed by atoms with Gasteiger partial charge in [-0.1, -0.05) is 36.4 Å². The normalized spacial score (nSPS) is 10.8. The number of fused-ring (bicyclic) bond motifs is 1. The molecular formula is C14H12N2. The molecule has 2 heteroatoms. The van der Waals surface area contributed by atoms with E-state index in [0.29, 0.717) is 0 Å². The SMILES string of the molecule is Cc1cccc2nc(-c3ccccc3)cn12. The first kappa shape index (κ1) is 9.16. The zero-order valence-electron chi connectivity index (χ0n) is 9.09. The van der Waals surface area contributed by atoms with E-state index in [1.54, 1.807) is 0 Å². The molecule has 1 aromatic carbocycles. The lowest BCUT2D eigenvalue weighted by atomic mass is 10.2. The van der Waals surface area contributed by atoms with Crippen molar-refractivity contribution in [3.05, 3.63) is 60.4 Å². The van der Waals surface area contributed by atoms with Gasteiger partial charge < -0.3 is 4.40 Å². The van der Waals surface area contributed by atoms with E-state index in [2.05, 4.69) is 40.7 Å². The van der Waals surface area contributed by atoms with E-state index >= 15 is 0 Å². The summed E-state index contributed by atoms with van der Waals surface area (Å²) in [4.78, 5) is 4.61. The summed E-state index contributed by atoms with van der Waals surface area (Å²) in [5, 5.41) is 0. The summed E-state index contributed by atoms with van der Waals surface area (Å²) in [6.07, 6.45) is 2.08. The highest BCUT2D eigenvalue weighted by Crippen LogP contribution is 2.19. The van der Waals surface area contributed by atoms with Crippen LogP contribution in [0.25, 0.3) is 16.9 Å². The van der Waals surface area contributed by atoms with Gasteiger partial charge in [0.15, 0.2) is 0 Å². The largest absolute Gasteiger partial charge is 0.304 e. The molecule has 2 heterocycles. The van der Waals surface area contributed by atoms with Crippen molar-refractivity contribution in [1.82, 2.24) is 9.38 Å². The first-order valence-corrected chi connectivity index (χ1v) is 5.35. The van der Waals surface area contributed by atoms with Gasteiger partial charge in [0.1, 0.15) is 5.65 Å². The maximum Gasteiger partial charge on any atom is 0.137 e. The third-order valence-electron chi connectivity index (χ3n) is 2.77. The van der Waals surface area contributed by atoms with Crippen LogP contribution in [0.1, 0.15) is 5.69 Å². The van der Waals surface area contributed by atoms with Gasteiger partial charge >= 0.3 is 0 Å². The van der Waals surface area contributed by atoms with Gasteiger partial charge in [0, 0.05) is 17.5 Å². The van der Waals surface area contributed by atoms with Crippen LogP contribution in [-0.2, 0) is 0 Å². The Kier molecular flexibility index (Phi) is 2.00. The second-order valence-corrected chi connectivity index (χ2v) is 3.89. The zero-order chi connectivity index (χ0) is 11.0. The fourth-order valence-corrected chi connectivity index (χ4v) is 1.90. The van der Waals surface area contributed by atoms with Crippen LogP contribution < -0.4 is 0 Å². The summed E-state index contributed by atoms with van der Waals surface area (Å²) >= 11 is 0. The Hall–Kier alpha value is -2.09. The number of aryl methyl sites for hydroxylation is 1.